The smallest absolute Gasteiger partial charge is 0.306 e. The van der Waals surface area contributed by atoms with E-state index in [2.05, 4.69) is 75.5 Å². The van der Waals surface area contributed by atoms with Crippen LogP contribution in [0.2, 0.25) is 0 Å². The second-order valence-corrected chi connectivity index (χ2v) is 18.2. The topological polar surface area (TPSA) is 78.9 Å². The van der Waals surface area contributed by atoms with Crippen molar-refractivity contribution in [1.82, 2.24) is 0 Å². The van der Waals surface area contributed by atoms with Gasteiger partial charge in [-0.15, -0.1) is 0 Å². The van der Waals surface area contributed by atoms with Crippen LogP contribution >= 0.6 is 0 Å². The van der Waals surface area contributed by atoms with E-state index in [1.165, 1.54) is 154 Å². The third kappa shape index (κ3) is 50.1. The van der Waals surface area contributed by atoms with Gasteiger partial charge in [0.05, 0.1) is 0 Å². The van der Waals surface area contributed by atoms with Crippen molar-refractivity contribution in [2.45, 2.75) is 277 Å². The first-order valence-corrected chi connectivity index (χ1v) is 27.3. The van der Waals surface area contributed by atoms with Crippen molar-refractivity contribution in [2.75, 3.05) is 13.2 Å². The van der Waals surface area contributed by atoms with Gasteiger partial charge in [-0.05, 0) is 89.9 Å². The minimum absolute atomic E-state index is 0.100. The summed E-state index contributed by atoms with van der Waals surface area (Å²) >= 11 is 0. The minimum Gasteiger partial charge on any atom is -0.462 e. The molecular formula is C58H102O6. The molecule has 6 nitrogen and oxygen atoms in total. The predicted octanol–water partition coefficient (Wildman–Crippen LogP) is 18.0. The van der Waals surface area contributed by atoms with E-state index in [1.807, 2.05) is 6.08 Å². The highest BCUT2D eigenvalue weighted by molar-refractivity contribution is 5.71. The first-order chi connectivity index (χ1) is 31.5. The number of hydrogen-bond donors (Lipinski definition) is 0. The SMILES string of the molecule is CCCCCC/C=C\CCCCCCCCCC(=O)OC(COC(=O)CC/C=C\C/C=C\CCCCCCCC)COC(=O)CCCCCCC/C=C\C=C/CCCCCCCCC. The summed E-state index contributed by atoms with van der Waals surface area (Å²) in [5, 5.41) is 0. The molecule has 0 saturated carbocycles. The first-order valence-electron chi connectivity index (χ1n) is 27.3. The molecular weight excluding hydrogens is 793 g/mol. The molecule has 6 heteroatoms. The maximum atomic E-state index is 12.8. The second-order valence-electron chi connectivity index (χ2n) is 18.2. The third-order valence-corrected chi connectivity index (χ3v) is 11.8. The Morgan fingerprint density at radius 2 is 0.641 bits per heavy atom. The summed E-state index contributed by atoms with van der Waals surface area (Å²) in [6.45, 7) is 6.56. The number of rotatable bonds is 49. The largest absolute Gasteiger partial charge is 0.462 e. The van der Waals surface area contributed by atoms with Crippen LogP contribution in [0.3, 0.4) is 0 Å². The third-order valence-electron chi connectivity index (χ3n) is 11.8. The molecule has 0 heterocycles. The number of unbranched alkanes of at least 4 members (excludes halogenated alkanes) is 29. The van der Waals surface area contributed by atoms with Gasteiger partial charge in [-0.3, -0.25) is 14.4 Å². The van der Waals surface area contributed by atoms with Gasteiger partial charge >= 0.3 is 17.9 Å². The van der Waals surface area contributed by atoms with Gasteiger partial charge in [0.15, 0.2) is 6.10 Å². The average Bonchev–Trinajstić information content (AvgIpc) is 3.29. The van der Waals surface area contributed by atoms with Crippen molar-refractivity contribution in [2.24, 2.45) is 0 Å². The number of hydrogen-bond acceptors (Lipinski definition) is 6. The van der Waals surface area contributed by atoms with Crippen LogP contribution in [-0.2, 0) is 28.6 Å². The van der Waals surface area contributed by atoms with Crippen LogP contribution in [0.25, 0.3) is 0 Å². The van der Waals surface area contributed by atoms with E-state index in [9.17, 15) is 14.4 Å². The molecule has 0 aromatic carbocycles. The molecule has 0 aliphatic heterocycles. The van der Waals surface area contributed by atoms with Crippen LogP contribution in [0.4, 0.5) is 0 Å². The summed E-state index contributed by atoms with van der Waals surface area (Å²) in [7, 11) is 0. The van der Waals surface area contributed by atoms with E-state index in [4.69, 9.17) is 14.2 Å². The molecule has 1 atom stereocenters. The Bertz CT molecular complexity index is 1170. The number of ether oxygens (including phenoxy) is 3. The molecule has 370 valence electrons. The summed E-state index contributed by atoms with van der Waals surface area (Å²) in [6.07, 6.45) is 65.0. The zero-order chi connectivity index (χ0) is 46.5. The van der Waals surface area contributed by atoms with Crippen LogP contribution in [0, 0.1) is 0 Å². The van der Waals surface area contributed by atoms with E-state index in [-0.39, 0.29) is 37.5 Å². The fraction of sp³-hybridized carbons (Fsp3) is 0.776. The van der Waals surface area contributed by atoms with Crippen molar-refractivity contribution in [3.63, 3.8) is 0 Å². The van der Waals surface area contributed by atoms with E-state index < -0.39 is 6.10 Å². The van der Waals surface area contributed by atoms with Crippen molar-refractivity contribution in [1.29, 1.82) is 0 Å². The monoisotopic (exact) mass is 895 g/mol. The Labute approximate surface area is 396 Å². The van der Waals surface area contributed by atoms with Crippen LogP contribution in [0.1, 0.15) is 271 Å². The summed E-state index contributed by atoms with van der Waals surface area (Å²) in [4.78, 5) is 38.0. The highest BCUT2D eigenvalue weighted by Crippen LogP contribution is 2.14. The highest BCUT2D eigenvalue weighted by atomic mass is 16.6. The van der Waals surface area contributed by atoms with E-state index in [0.29, 0.717) is 19.3 Å². The second kappa shape index (κ2) is 52.7. The lowest BCUT2D eigenvalue weighted by Gasteiger charge is -2.18. The molecule has 0 fully saturated rings. The summed E-state index contributed by atoms with van der Waals surface area (Å²) in [5.41, 5.74) is 0. The standard InChI is InChI=1S/C58H102O6/c1-4-7-10-13-16-19-22-25-27-28-29-31-33-36-39-42-45-48-51-57(60)63-54-55(53-62-56(59)50-47-44-41-38-35-32-24-21-18-15-12-9-6-3)64-58(61)52-49-46-43-40-37-34-30-26-23-20-17-14-11-8-5-2/h20,23,27-29,31-32,35,41,44,55H,4-19,21-22,24-26,30,33-34,36-40,42-43,45-54H2,1-3H3/b23-20-,28-27-,31-29-,35-32-,44-41-. The molecule has 0 saturated heterocycles. The molecule has 0 amide bonds. The molecule has 0 aliphatic carbocycles. The van der Waals surface area contributed by atoms with E-state index >= 15 is 0 Å². The van der Waals surface area contributed by atoms with Gasteiger partial charge in [-0.1, -0.05) is 223 Å². The Morgan fingerprint density at radius 1 is 0.328 bits per heavy atom. The van der Waals surface area contributed by atoms with Crippen molar-refractivity contribution in [3.8, 4) is 0 Å². The Kier molecular flexibility index (Phi) is 50.4. The molecule has 0 bridgehead atoms. The molecule has 0 aliphatic rings. The zero-order valence-electron chi connectivity index (χ0n) is 42.3. The number of carbonyl (C=O) groups excluding carboxylic acids is 3. The molecule has 0 aromatic heterocycles. The summed E-state index contributed by atoms with van der Waals surface area (Å²) < 4.78 is 16.8. The lowest BCUT2D eigenvalue weighted by Crippen LogP contribution is -2.30. The van der Waals surface area contributed by atoms with E-state index in [1.54, 1.807) is 0 Å². The molecule has 0 aromatic rings. The number of esters is 3. The zero-order valence-corrected chi connectivity index (χ0v) is 42.3. The van der Waals surface area contributed by atoms with E-state index in [0.717, 1.165) is 70.6 Å². The van der Waals surface area contributed by atoms with Gasteiger partial charge in [0.25, 0.3) is 0 Å². The first kappa shape index (κ1) is 61.1. The average molecular weight is 895 g/mol. The molecule has 64 heavy (non-hydrogen) atoms. The highest BCUT2D eigenvalue weighted by Gasteiger charge is 2.19. The summed E-state index contributed by atoms with van der Waals surface area (Å²) in [5.74, 6) is -0.983. The van der Waals surface area contributed by atoms with Gasteiger partial charge in [0, 0.05) is 19.3 Å². The van der Waals surface area contributed by atoms with Crippen molar-refractivity contribution in [3.05, 3.63) is 60.8 Å². The van der Waals surface area contributed by atoms with Crippen LogP contribution < -0.4 is 0 Å². The van der Waals surface area contributed by atoms with Gasteiger partial charge in [-0.25, -0.2) is 0 Å². The van der Waals surface area contributed by atoms with Gasteiger partial charge < -0.3 is 14.2 Å². The number of carbonyl (C=O) groups is 3. The van der Waals surface area contributed by atoms with Crippen LogP contribution in [-0.4, -0.2) is 37.2 Å². The fourth-order valence-electron chi connectivity index (χ4n) is 7.60. The Hall–Kier alpha value is -2.89. The predicted molar refractivity (Wildman–Crippen MR) is 275 cm³/mol. The normalized spacial score (nSPS) is 12.5. The minimum atomic E-state index is -0.804. The molecule has 0 radical (unpaired) electrons. The molecule has 0 rings (SSSR count). The maximum absolute atomic E-state index is 12.8. The fourth-order valence-corrected chi connectivity index (χ4v) is 7.60. The number of allylic oxidation sites excluding steroid dienone is 10. The lowest BCUT2D eigenvalue weighted by atomic mass is 10.1. The van der Waals surface area contributed by atoms with Gasteiger partial charge in [0.1, 0.15) is 13.2 Å². The van der Waals surface area contributed by atoms with Crippen LogP contribution in [0.15, 0.2) is 60.8 Å². The van der Waals surface area contributed by atoms with Gasteiger partial charge in [0.2, 0.25) is 0 Å². The van der Waals surface area contributed by atoms with Gasteiger partial charge in [-0.2, -0.15) is 0 Å². The van der Waals surface area contributed by atoms with Crippen molar-refractivity contribution < 1.29 is 28.6 Å². The molecule has 0 spiro atoms. The molecule has 0 N–H and O–H groups in total. The lowest BCUT2D eigenvalue weighted by molar-refractivity contribution is -0.166. The van der Waals surface area contributed by atoms with Crippen LogP contribution in [0.5, 0.6) is 0 Å². The maximum Gasteiger partial charge on any atom is 0.306 e. The van der Waals surface area contributed by atoms with Crippen molar-refractivity contribution >= 4 is 17.9 Å². The summed E-state index contributed by atoms with van der Waals surface area (Å²) in [6, 6.07) is 0. The molecule has 1 unspecified atom stereocenters. The Morgan fingerprint density at radius 3 is 1.08 bits per heavy atom. The quantitative estimate of drug-likeness (QED) is 0.0199. The Balaban J connectivity index is 4.45.